The van der Waals surface area contributed by atoms with E-state index in [9.17, 15) is 0 Å². The van der Waals surface area contributed by atoms with Gasteiger partial charge in [-0.3, -0.25) is 0 Å². The van der Waals surface area contributed by atoms with E-state index in [0.717, 1.165) is 28.3 Å². The van der Waals surface area contributed by atoms with Crippen LogP contribution in [0.3, 0.4) is 0 Å². The quantitative estimate of drug-likeness (QED) is 0.655. The topological polar surface area (TPSA) is 35.2 Å². The number of anilines is 1. The van der Waals surface area contributed by atoms with Crippen LogP contribution in [0.15, 0.2) is 41.3 Å². The van der Waals surface area contributed by atoms with E-state index in [0.29, 0.717) is 0 Å². The van der Waals surface area contributed by atoms with Crippen molar-refractivity contribution >= 4 is 17.4 Å². The number of hydrogen-bond donors (Lipinski definition) is 1. The van der Waals surface area contributed by atoms with Crippen molar-refractivity contribution in [3.8, 4) is 11.5 Å². The van der Waals surface area contributed by atoms with Crippen LogP contribution in [-0.2, 0) is 0 Å². The van der Waals surface area contributed by atoms with Crippen molar-refractivity contribution in [2.75, 3.05) is 12.0 Å². The average molecular weight is 259 g/mol. The van der Waals surface area contributed by atoms with Crippen LogP contribution in [-0.4, -0.2) is 6.26 Å². The summed E-state index contributed by atoms with van der Waals surface area (Å²) in [6.45, 7) is 3.99. The Morgan fingerprint density at radius 1 is 1.06 bits per heavy atom. The third-order valence-electron chi connectivity index (χ3n) is 2.83. The number of aryl methyl sites for hydroxylation is 2. The molecule has 2 aromatic rings. The number of hydrogen-bond acceptors (Lipinski definition) is 3. The molecule has 0 fully saturated rings. The molecule has 0 aliphatic rings. The lowest BCUT2D eigenvalue weighted by atomic mass is 10.1. The molecule has 0 spiro atoms. The summed E-state index contributed by atoms with van der Waals surface area (Å²) in [4.78, 5) is 1.19. The molecule has 18 heavy (non-hydrogen) atoms. The zero-order chi connectivity index (χ0) is 13.1. The van der Waals surface area contributed by atoms with Crippen molar-refractivity contribution in [2.45, 2.75) is 18.7 Å². The van der Waals surface area contributed by atoms with E-state index in [-0.39, 0.29) is 0 Å². The van der Waals surface area contributed by atoms with Gasteiger partial charge >= 0.3 is 0 Å². The Balaban J connectivity index is 2.30. The van der Waals surface area contributed by atoms with Gasteiger partial charge in [-0.05, 0) is 61.6 Å². The van der Waals surface area contributed by atoms with Crippen molar-refractivity contribution in [1.82, 2.24) is 0 Å². The fourth-order valence-corrected chi connectivity index (χ4v) is 2.16. The minimum Gasteiger partial charge on any atom is -0.457 e. The average Bonchev–Trinajstić information content (AvgIpc) is 2.36. The molecule has 0 saturated heterocycles. The highest BCUT2D eigenvalue weighted by molar-refractivity contribution is 7.98. The number of nitrogen functional groups attached to an aromatic ring is 1. The van der Waals surface area contributed by atoms with Crippen molar-refractivity contribution in [3.05, 3.63) is 47.5 Å². The number of thioether (sulfide) groups is 1. The summed E-state index contributed by atoms with van der Waals surface area (Å²) >= 11 is 1.70. The first-order valence-corrected chi connectivity index (χ1v) is 7.01. The van der Waals surface area contributed by atoms with Gasteiger partial charge in [-0.25, -0.2) is 0 Å². The predicted molar refractivity (Wildman–Crippen MR) is 78.6 cm³/mol. The van der Waals surface area contributed by atoms with Crippen molar-refractivity contribution in [3.63, 3.8) is 0 Å². The smallest absolute Gasteiger partial charge is 0.130 e. The van der Waals surface area contributed by atoms with Crippen LogP contribution in [0.4, 0.5) is 5.69 Å². The lowest BCUT2D eigenvalue weighted by Gasteiger charge is -2.11. The summed E-state index contributed by atoms with van der Waals surface area (Å²) in [7, 11) is 0. The molecule has 2 aromatic carbocycles. The molecule has 0 amide bonds. The molecule has 0 bridgehead atoms. The highest BCUT2D eigenvalue weighted by Gasteiger charge is 2.05. The van der Waals surface area contributed by atoms with Gasteiger partial charge in [0.25, 0.3) is 0 Å². The highest BCUT2D eigenvalue weighted by atomic mass is 32.2. The van der Waals surface area contributed by atoms with Crippen molar-refractivity contribution in [1.29, 1.82) is 0 Å². The second-order valence-electron chi connectivity index (χ2n) is 4.26. The molecular weight excluding hydrogens is 242 g/mol. The lowest BCUT2D eigenvalue weighted by molar-refractivity contribution is 0.477. The summed E-state index contributed by atoms with van der Waals surface area (Å²) in [5.74, 6) is 1.72. The van der Waals surface area contributed by atoms with Crippen LogP contribution in [0.2, 0.25) is 0 Å². The number of nitrogens with two attached hydrogens (primary N) is 1. The maximum absolute atomic E-state index is 5.92. The Kier molecular flexibility index (Phi) is 3.82. The Morgan fingerprint density at radius 2 is 1.83 bits per heavy atom. The molecule has 0 aromatic heterocycles. The fraction of sp³-hybridized carbons (Fsp3) is 0.200. The summed E-state index contributed by atoms with van der Waals surface area (Å²) in [6.07, 6.45) is 2.05. The van der Waals surface area contributed by atoms with Gasteiger partial charge < -0.3 is 10.5 Å². The first-order chi connectivity index (χ1) is 8.60. The normalized spacial score (nSPS) is 10.4. The van der Waals surface area contributed by atoms with Gasteiger partial charge in [-0.15, -0.1) is 11.8 Å². The molecule has 0 atom stereocenters. The summed E-state index contributed by atoms with van der Waals surface area (Å²) < 4.78 is 5.92. The van der Waals surface area contributed by atoms with E-state index in [1.165, 1.54) is 4.90 Å². The van der Waals surface area contributed by atoms with Gasteiger partial charge in [0, 0.05) is 10.6 Å². The zero-order valence-corrected chi connectivity index (χ0v) is 11.7. The number of benzene rings is 2. The predicted octanol–water partition coefficient (Wildman–Crippen LogP) is 4.40. The van der Waals surface area contributed by atoms with Crippen LogP contribution >= 0.6 is 11.8 Å². The van der Waals surface area contributed by atoms with E-state index >= 15 is 0 Å². The molecule has 0 aliphatic heterocycles. The summed E-state index contributed by atoms with van der Waals surface area (Å²) in [5, 5.41) is 0. The zero-order valence-electron chi connectivity index (χ0n) is 10.9. The molecule has 94 valence electrons. The molecule has 0 aliphatic carbocycles. The van der Waals surface area contributed by atoms with Crippen molar-refractivity contribution < 1.29 is 4.74 Å². The second-order valence-corrected chi connectivity index (χ2v) is 5.13. The molecular formula is C15H17NOS. The van der Waals surface area contributed by atoms with Gasteiger partial charge in [0.15, 0.2) is 0 Å². The van der Waals surface area contributed by atoms with Gasteiger partial charge in [0.2, 0.25) is 0 Å². The second kappa shape index (κ2) is 5.36. The largest absolute Gasteiger partial charge is 0.457 e. The van der Waals surface area contributed by atoms with E-state index in [1.807, 2.05) is 44.2 Å². The van der Waals surface area contributed by atoms with E-state index in [1.54, 1.807) is 11.8 Å². The van der Waals surface area contributed by atoms with Gasteiger partial charge in [0.05, 0.1) is 0 Å². The van der Waals surface area contributed by atoms with Crippen LogP contribution in [0.25, 0.3) is 0 Å². The third kappa shape index (κ3) is 2.79. The monoisotopic (exact) mass is 259 g/mol. The van der Waals surface area contributed by atoms with Gasteiger partial charge in [-0.2, -0.15) is 0 Å². The first-order valence-electron chi connectivity index (χ1n) is 5.79. The van der Waals surface area contributed by atoms with Crippen LogP contribution in [0.1, 0.15) is 11.1 Å². The third-order valence-corrected chi connectivity index (χ3v) is 3.56. The molecule has 0 saturated carbocycles. The van der Waals surface area contributed by atoms with Crippen molar-refractivity contribution in [2.24, 2.45) is 0 Å². The molecule has 2 N–H and O–H groups in total. The van der Waals surface area contributed by atoms with E-state index in [4.69, 9.17) is 10.5 Å². The van der Waals surface area contributed by atoms with Gasteiger partial charge in [-0.1, -0.05) is 6.07 Å². The maximum atomic E-state index is 5.92. The Morgan fingerprint density at radius 3 is 2.56 bits per heavy atom. The SMILES string of the molecule is CSc1cccc(Oc2cc(C)c(N)cc2C)c1. The van der Waals surface area contributed by atoms with Crippen LogP contribution < -0.4 is 10.5 Å². The Bertz CT molecular complexity index is 566. The minimum absolute atomic E-state index is 0.803. The van der Waals surface area contributed by atoms with E-state index < -0.39 is 0 Å². The van der Waals surface area contributed by atoms with Gasteiger partial charge in [0.1, 0.15) is 11.5 Å². The lowest BCUT2D eigenvalue weighted by Crippen LogP contribution is -1.94. The Labute approximate surface area is 112 Å². The molecule has 0 unspecified atom stereocenters. The number of rotatable bonds is 3. The summed E-state index contributed by atoms with van der Waals surface area (Å²) in [6, 6.07) is 12.0. The minimum atomic E-state index is 0.803. The first kappa shape index (κ1) is 12.8. The Hall–Kier alpha value is -1.61. The number of ether oxygens (including phenoxy) is 1. The highest BCUT2D eigenvalue weighted by Crippen LogP contribution is 2.30. The standard InChI is InChI=1S/C15H17NOS/c1-10-8-15(11(2)7-14(10)16)17-12-5-4-6-13(9-12)18-3/h4-9H,16H2,1-3H3. The fourth-order valence-electron chi connectivity index (χ4n) is 1.71. The van der Waals surface area contributed by atoms with Crippen LogP contribution in [0, 0.1) is 13.8 Å². The molecule has 0 radical (unpaired) electrons. The molecule has 2 nitrogen and oxygen atoms in total. The summed E-state index contributed by atoms with van der Waals surface area (Å²) in [5.41, 5.74) is 8.76. The molecule has 2 rings (SSSR count). The van der Waals surface area contributed by atoms with E-state index in [2.05, 4.69) is 12.3 Å². The molecule has 0 heterocycles. The molecule has 3 heteroatoms. The van der Waals surface area contributed by atoms with Crippen LogP contribution in [0.5, 0.6) is 11.5 Å². The maximum Gasteiger partial charge on any atom is 0.130 e.